The Morgan fingerprint density at radius 1 is 1.11 bits per heavy atom. The number of nitrogens with zero attached hydrogens (tertiary/aromatic N) is 4. The molecule has 3 aromatic rings. The zero-order valence-corrected chi connectivity index (χ0v) is 21.4. The number of carbonyl (C=O) groups excluding carboxylic acids is 2. The molecule has 0 bridgehead atoms. The van der Waals surface area contributed by atoms with E-state index in [-0.39, 0.29) is 28.4 Å². The lowest BCUT2D eigenvalue weighted by Crippen LogP contribution is -2.35. The lowest BCUT2D eigenvalue weighted by Gasteiger charge is -2.25. The molecule has 0 saturated carbocycles. The van der Waals surface area contributed by atoms with Crippen molar-refractivity contribution in [2.45, 2.75) is 19.4 Å². The van der Waals surface area contributed by atoms with E-state index in [4.69, 9.17) is 11.6 Å². The summed E-state index contributed by atoms with van der Waals surface area (Å²) in [6.07, 6.45) is 0.758. The molecular weight excluding hydrogens is 501 g/mol. The summed E-state index contributed by atoms with van der Waals surface area (Å²) in [4.78, 5) is 30.5. The van der Waals surface area contributed by atoms with E-state index in [0.717, 1.165) is 43.2 Å². The van der Waals surface area contributed by atoms with Crippen LogP contribution in [0.25, 0.3) is 0 Å². The third kappa shape index (κ3) is 5.14. The van der Waals surface area contributed by atoms with Gasteiger partial charge in [0.1, 0.15) is 10.7 Å². The second-order valence-corrected chi connectivity index (χ2v) is 10.7. The molecule has 36 heavy (non-hydrogen) atoms. The summed E-state index contributed by atoms with van der Waals surface area (Å²) in [6.45, 7) is 5.54. The van der Waals surface area contributed by atoms with Gasteiger partial charge in [-0.1, -0.05) is 52.5 Å². The molecule has 188 valence electrons. The lowest BCUT2D eigenvalue weighted by atomic mass is 10.0. The molecule has 1 N–H and O–H groups in total. The fourth-order valence-electron chi connectivity index (χ4n) is 5.28. The van der Waals surface area contributed by atoms with Crippen LogP contribution in [0.4, 0.5) is 4.39 Å². The molecule has 2 amide bonds. The van der Waals surface area contributed by atoms with Gasteiger partial charge in [-0.2, -0.15) is 0 Å². The minimum Gasteiger partial charge on any atom is -0.344 e. The maximum Gasteiger partial charge on any atom is 0.265 e. The van der Waals surface area contributed by atoms with Crippen molar-refractivity contribution in [2.75, 3.05) is 32.7 Å². The summed E-state index contributed by atoms with van der Waals surface area (Å²) in [7, 11) is 0. The van der Waals surface area contributed by atoms with Crippen LogP contribution < -0.4 is 5.32 Å². The Morgan fingerprint density at radius 2 is 1.83 bits per heavy atom. The standard InChI is InChI=1S/C26H27ClFN5O2S/c1-16-24(36-31-30-16)25(34)29-22(17-6-3-2-4-7-17)10-11-32-12-18-14-33(15-19(18)13-32)26(35)23-20(27)8-5-9-21(23)28/h2-9,18-19,22H,10-15H2,1H3,(H,29,34)/t18-,19?,22?/m0/s1. The van der Waals surface area contributed by atoms with E-state index in [0.29, 0.717) is 35.5 Å². The van der Waals surface area contributed by atoms with Crippen LogP contribution in [0.1, 0.15) is 43.7 Å². The maximum absolute atomic E-state index is 14.2. The molecule has 2 aliphatic heterocycles. The van der Waals surface area contributed by atoms with E-state index in [9.17, 15) is 14.0 Å². The van der Waals surface area contributed by atoms with Crippen LogP contribution in [-0.4, -0.2) is 63.9 Å². The number of halogens is 2. The first-order valence-electron chi connectivity index (χ1n) is 12.0. The first-order valence-corrected chi connectivity index (χ1v) is 13.2. The van der Waals surface area contributed by atoms with Crippen molar-refractivity contribution in [1.82, 2.24) is 24.7 Å². The van der Waals surface area contributed by atoms with Crippen LogP contribution in [0.2, 0.25) is 5.02 Å². The molecule has 0 radical (unpaired) electrons. The Kier molecular flexibility index (Phi) is 7.32. The van der Waals surface area contributed by atoms with Gasteiger partial charge in [-0.3, -0.25) is 9.59 Å². The van der Waals surface area contributed by atoms with Crippen molar-refractivity contribution >= 4 is 34.9 Å². The number of amides is 2. The van der Waals surface area contributed by atoms with E-state index in [1.165, 1.54) is 12.1 Å². The van der Waals surface area contributed by atoms with Crippen LogP contribution in [-0.2, 0) is 0 Å². The van der Waals surface area contributed by atoms with E-state index in [2.05, 4.69) is 19.8 Å². The minimum atomic E-state index is -0.579. The van der Waals surface area contributed by atoms with Crippen LogP contribution in [0.5, 0.6) is 0 Å². The molecular formula is C26H27ClFN5O2S. The maximum atomic E-state index is 14.2. The summed E-state index contributed by atoms with van der Waals surface area (Å²) in [5, 5.41) is 7.27. The van der Waals surface area contributed by atoms with Crippen LogP contribution in [0.15, 0.2) is 48.5 Å². The molecule has 2 unspecified atom stereocenters. The Labute approximate surface area is 218 Å². The summed E-state index contributed by atoms with van der Waals surface area (Å²) >= 11 is 7.22. The van der Waals surface area contributed by atoms with Gasteiger partial charge in [-0.15, -0.1) is 5.10 Å². The third-order valence-corrected chi connectivity index (χ3v) is 8.27. The number of likely N-dealkylation sites (tertiary alicyclic amines) is 2. The molecule has 2 aromatic carbocycles. The van der Waals surface area contributed by atoms with E-state index in [1.807, 2.05) is 30.3 Å². The van der Waals surface area contributed by atoms with Crippen molar-refractivity contribution < 1.29 is 14.0 Å². The normalized spacial score (nSPS) is 20.4. The molecule has 3 atom stereocenters. The second-order valence-electron chi connectivity index (χ2n) is 9.50. The van der Waals surface area contributed by atoms with Crippen molar-refractivity contribution in [3.63, 3.8) is 0 Å². The Balaban J connectivity index is 1.19. The van der Waals surface area contributed by atoms with Crippen LogP contribution in [0.3, 0.4) is 0 Å². The van der Waals surface area contributed by atoms with E-state index in [1.54, 1.807) is 17.9 Å². The van der Waals surface area contributed by atoms with Gasteiger partial charge in [0.05, 0.1) is 22.3 Å². The van der Waals surface area contributed by atoms with Gasteiger partial charge in [0.2, 0.25) is 0 Å². The quantitative estimate of drug-likeness (QED) is 0.498. The van der Waals surface area contributed by atoms with E-state index < -0.39 is 5.82 Å². The predicted molar refractivity (Wildman–Crippen MR) is 137 cm³/mol. The monoisotopic (exact) mass is 527 g/mol. The number of hydrogen-bond donors (Lipinski definition) is 1. The molecule has 5 rings (SSSR count). The zero-order chi connectivity index (χ0) is 25.2. The number of nitrogens with one attached hydrogen (secondary N) is 1. The average Bonchev–Trinajstić information content (AvgIpc) is 3.57. The smallest absolute Gasteiger partial charge is 0.265 e. The Hall–Kier alpha value is -2.88. The number of fused-ring (bicyclic) bond motifs is 1. The molecule has 1 aromatic heterocycles. The number of aryl methyl sites for hydroxylation is 1. The third-order valence-electron chi connectivity index (χ3n) is 7.12. The molecule has 2 saturated heterocycles. The van der Waals surface area contributed by atoms with Crippen molar-refractivity contribution in [3.8, 4) is 0 Å². The number of rotatable bonds is 7. The highest BCUT2D eigenvalue weighted by Gasteiger charge is 2.42. The topological polar surface area (TPSA) is 78.4 Å². The van der Waals surface area contributed by atoms with Crippen LogP contribution in [0, 0.1) is 24.6 Å². The predicted octanol–water partition coefficient (Wildman–Crippen LogP) is 4.20. The second kappa shape index (κ2) is 10.6. The van der Waals surface area contributed by atoms with Gasteiger partial charge >= 0.3 is 0 Å². The van der Waals surface area contributed by atoms with Gasteiger partial charge in [0, 0.05) is 32.7 Å². The van der Waals surface area contributed by atoms with Crippen molar-refractivity contribution in [3.05, 3.63) is 81.1 Å². The summed E-state index contributed by atoms with van der Waals surface area (Å²) in [6, 6.07) is 14.1. The fourth-order valence-corrected chi connectivity index (χ4v) is 6.09. The summed E-state index contributed by atoms with van der Waals surface area (Å²) in [5.74, 6) is -0.385. The van der Waals surface area contributed by atoms with Gasteiger partial charge in [-0.05, 0) is 54.4 Å². The SMILES string of the molecule is Cc1nnsc1C(=O)NC(CCN1CC2CN(C(=O)c3c(F)cccc3Cl)C[C@@H]2C1)c1ccccc1. The van der Waals surface area contributed by atoms with Gasteiger partial charge in [0.25, 0.3) is 11.8 Å². The molecule has 10 heteroatoms. The highest BCUT2D eigenvalue weighted by Crippen LogP contribution is 2.34. The Bertz CT molecular complexity index is 1220. The zero-order valence-electron chi connectivity index (χ0n) is 19.9. The largest absolute Gasteiger partial charge is 0.344 e. The first-order chi connectivity index (χ1) is 17.4. The molecule has 7 nitrogen and oxygen atoms in total. The van der Waals surface area contributed by atoms with Gasteiger partial charge < -0.3 is 15.1 Å². The summed E-state index contributed by atoms with van der Waals surface area (Å²) in [5.41, 5.74) is 1.65. The van der Waals surface area contributed by atoms with Crippen molar-refractivity contribution in [2.24, 2.45) is 11.8 Å². The number of aromatic nitrogens is 2. The lowest BCUT2D eigenvalue weighted by molar-refractivity contribution is 0.0769. The number of benzene rings is 2. The highest BCUT2D eigenvalue weighted by atomic mass is 35.5. The van der Waals surface area contributed by atoms with Gasteiger partial charge in [-0.25, -0.2) is 4.39 Å². The molecule has 2 aliphatic rings. The average molecular weight is 528 g/mol. The molecule has 2 fully saturated rings. The Morgan fingerprint density at radius 3 is 2.47 bits per heavy atom. The highest BCUT2D eigenvalue weighted by molar-refractivity contribution is 7.08. The first kappa shape index (κ1) is 24.8. The number of hydrogen-bond acceptors (Lipinski definition) is 6. The summed E-state index contributed by atoms with van der Waals surface area (Å²) < 4.78 is 18.1. The van der Waals surface area contributed by atoms with Crippen molar-refractivity contribution in [1.29, 1.82) is 0 Å². The molecule has 0 aliphatic carbocycles. The molecule has 0 spiro atoms. The van der Waals surface area contributed by atoms with Gasteiger partial charge in [0.15, 0.2) is 0 Å². The fraction of sp³-hybridized carbons (Fsp3) is 0.385. The van der Waals surface area contributed by atoms with Crippen LogP contribution >= 0.6 is 23.1 Å². The van der Waals surface area contributed by atoms with E-state index >= 15 is 0 Å². The minimum absolute atomic E-state index is 0.0381. The number of carbonyl (C=O) groups is 2. The molecule has 3 heterocycles.